The summed E-state index contributed by atoms with van der Waals surface area (Å²) in [5.74, 6) is 0.667. The Morgan fingerprint density at radius 2 is 1.91 bits per heavy atom. The van der Waals surface area contributed by atoms with Gasteiger partial charge in [0.05, 0.1) is 23.5 Å². The van der Waals surface area contributed by atoms with Gasteiger partial charge < -0.3 is 19.4 Å². The SMILES string of the molecule is CCOc1ccc(N2C(=O)CSc3c(c4ccccc4n3C)C2C(=O)NCCCOC(C)C)cc1. The first-order valence-corrected chi connectivity index (χ1v) is 13.0. The average Bonchev–Trinajstić information content (AvgIpc) is 3.02. The van der Waals surface area contributed by atoms with E-state index in [1.807, 2.05) is 76.3 Å². The van der Waals surface area contributed by atoms with E-state index in [4.69, 9.17) is 9.47 Å². The number of fused-ring (bicyclic) bond motifs is 3. The van der Waals surface area contributed by atoms with Crippen molar-refractivity contribution in [3.63, 3.8) is 0 Å². The molecule has 7 nitrogen and oxygen atoms in total. The quantitative estimate of drug-likeness (QED) is 0.436. The zero-order valence-electron chi connectivity index (χ0n) is 20.7. The summed E-state index contributed by atoms with van der Waals surface area (Å²) < 4.78 is 13.3. The lowest BCUT2D eigenvalue weighted by molar-refractivity contribution is -0.125. The number of anilines is 1. The molecule has 4 rings (SSSR count). The van der Waals surface area contributed by atoms with E-state index in [0.717, 1.165) is 27.2 Å². The third kappa shape index (κ3) is 5.33. The Kier molecular flexibility index (Phi) is 8.03. The fraction of sp³-hybridized carbons (Fsp3) is 0.407. The van der Waals surface area contributed by atoms with Crippen molar-refractivity contribution in [1.29, 1.82) is 0 Å². The molecule has 3 aromatic rings. The molecule has 1 aliphatic heterocycles. The van der Waals surface area contributed by atoms with Gasteiger partial charge in [0.25, 0.3) is 0 Å². The lowest BCUT2D eigenvalue weighted by Crippen LogP contribution is -2.44. The van der Waals surface area contributed by atoms with Crippen LogP contribution in [0.15, 0.2) is 53.6 Å². The number of carbonyl (C=O) groups is 2. The molecule has 0 saturated heterocycles. The van der Waals surface area contributed by atoms with Crippen molar-refractivity contribution >= 4 is 40.2 Å². The van der Waals surface area contributed by atoms with Gasteiger partial charge in [-0.15, -0.1) is 0 Å². The van der Waals surface area contributed by atoms with E-state index >= 15 is 0 Å². The third-order valence-electron chi connectivity index (χ3n) is 5.97. The van der Waals surface area contributed by atoms with Crippen molar-refractivity contribution in [3.05, 3.63) is 54.1 Å². The molecule has 2 heterocycles. The number of hydrogen-bond acceptors (Lipinski definition) is 5. The fourth-order valence-corrected chi connectivity index (χ4v) is 5.49. The molecule has 0 fully saturated rings. The molecule has 186 valence electrons. The highest BCUT2D eigenvalue weighted by Gasteiger charge is 2.39. The van der Waals surface area contributed by atoms with Crippen LogP contribution >= 0.6 is 11.8 Å². The maximum Gasteiger partial charge on any atom is 0.247 e. The zero-order valence-corrected chi connectivity index (χ0v) is 21.6. The Balaban J connectivity index is 1.74. The van der Waals surface area contributed by atoms with E-state index in [1.54, 1.807) is 4.90 Å². The molecule has 0 bridgehead atoms. The second-order valence-electron chi connectivity index (χ2n) is 8.74. The number of nitrogens with one attached hydrogen (secondary N) is 1. The normalized spacial score (nSPS) is 15.9. The Morgan fingerprint density at radius 3 is 2.63 bits per heavy atom. The summed E-state index contributed by atoms with van der Waals surface area (Å²) in [4.78, 5) is 28.9. The molecule has 0 aliphatic carbocycles. The van der Waals surface area contributed by atoms with Gasteiger partial charge in [0.2, 0.25) is 11.8 Å². The van der Waals surface area contributed by atoms with Gasteiger partial charge in [0.1, 0.15) is 11.8 Å². The van der Waals surface area contributed by atoms with E-state index in [2.05, 4.69) is 9.88 Å². The Hall–Kier alpha value is -2.97. The molecular formula is C27H33N3O4S. The highest BCUT2D eigenvalue weighted by atomic mass is 32.2. The van der Waals surface area contributed by atoms with Crippen molar-refractivity contribution in [2.75, 3.05) is 30.4 Å². The zero-order chi connectivity index (χ0) is 24.9. The van der Waals surface area contributed by atoms with Crippen LogP contribution < -0.4 is 15.0 Å². The molecular weight excluding hydrogens is 462 g/mol. The van der Waals surface area contributed by atoms with Gasteiger partial charge in [-0.1, -0.05) is 30.0 Å². The number of hydrogen-bond donors (Lipinski definition) is 1. The van der Waals surface area contributed by atoms with E-state index in [-0.39, 0.29) is 23.7 Å². The third-order valence-corrected chi connectivity index (χ3v) is 7.13. The number of ether oxygens (including phenoxy) is 2. The van der Waals surface area contributed by atoms with Crippen molar-refractivity contribution in [2.24, 2.45) is 7.05 Å². The van der Waals surface area contributed by atoms with Crippen LogP contribution in [0.5, 0.6) is 5.75 Å². The molecule has 1 unspecified atom stereocenters. The van der Waals surface area contributed by atoms with Crippen LogP contribution in [-0.2, 0) is 21.4 Å². The van der Waals surface area contributed by atoms with Crippen LogP contribution in [-0.4, -0.2) is 48.0 Å². The van der Waals surface area contributed by atoms with Gasteiger partial charge in [0.15, 0.2) is 0 Å². The monoisotopic (exact) mass is 495 g/mol. The van der Waals surface area contributed by atoms with Crippen molar-refractivity contribution in [3.8, 4) is 5.75 Å². The minimum absolute atomic E-state index is 0.109. The van der Waals surface area contributed by atoms with Crippen LogP contribution in [0, 0.1) is 0 Å². The van der Waals surface area contributed by atoms with Crippen LogP contribution in [0.2, 0.25) is 0 Å². The predicted molar refractivity (Wildman–Crippen MR) is 140 cm³/mol. The molecule has 2 aromatic carbocycles. The first-order chi connectivity index (χ1) is 16.9. The number of nitrogens with zero attached hydrogens (tertiary/aromatic N) is 2. The standard InChI is InChI=1S/C27H33N3O4S/c1-5-33-20-13-11-19(12-14-20)30-23(31)17-35-27-24(21-9-6-7-10-22(21)29(27)4)25(30)26(32)28-15-8-16-34-18(2)3/h6-7,9-14,18,25H,5,8,15-17H2,1-4H3,(H,28,32). The molecule has 1 N–H and O–H groups in total. The topological polar surface area (TPSA) is 72.8 Å². The van der Waals surface area contributed by atoms with Crippen LogP contribution in [0.4, 0.5) is 5.69 Å². The Morgan fingerprint density at radius 1 is 1.17 bits per heavy atom. The second-order valence-corrected chi connectivity index (χ2v) is 9.71. The minimum atomic E-state index is -0.789. The number of para-hydroxylation sites is 1. The van der Waals surface area contributed by atoms with Gasteiger partial charge in [-0.05, 0) is 57.5 Å². The molecule has 35 heavy (non-hydrogen) atoms. The average molecular weight is 496 g/mol. The number of benzene rings is 2. The summed E-state index contributed by atoms with van der Waals surface area (Å²) in [6.07, 6.45) is 0.848. The molecule has 0 saturated carbocycles. The summed E-state index contributed by atoms with van der Waals surface area (Å²) in [5.41, 5.74) is 2.57. The number of amides is 2. The van der Waals surface area contributed by atoms with Gasteiger partial charge in [-0.3, -0.25) is 14.5 Å². The number of aromatic nitrogens is 1. The number of rotatable bonds is 9. The van der Waals surface area contributed by atoms with E-state index in [0.29, 0.717) is 31.9 Å². The number of carbonyl (C=O) groups excluding carboxylic acids is 2. The van der Waals surface area contributed by atoms with Crippen LogP contribution in [0.25, 0.3) is 10.9 Å². The maximum absolute atomic E-state index is 13.8. The fourth-order valence-electron chi connectivity index (χ4n) is 4.42. The van der Waals surface area contributed by atoms with Gasteiger partial charge in [0, 0.05) is 42.4 Å². The highest BCUT2D eigenvalue weighted by Crippen LogP contribution is 2.43. The number of thioether (sulfide) groups is 1. The molecule has 8 heteroatoms. The second kappa shape index (κ2) is 11.2. The van der Waals surface area contributed by atoms with Gasteiger partial charge in [-0.2, -0.15) is 0 Å². The minimum Gasteiger partial charge on any atom is -0.494 e. The summed E-state index contributed by atoms with van der Waals surface area (Å²) in [5, 5.41) is 4.98. The summed E-state index contributed by atoms with van der Waals surface area (Å²) in [7, 11) is 1.99. The molecule has 0 radical (unpaired) electrons. The predicted octanol–water partition coefficient (Wildman–Crippen LogP) is 4.69. The van der Waals surface area contributed by atoms with E-state index in [1.165, 1.54) is 11.8 Å². The van der Waals surface area contributed by atoms with Crippen molar-refractivity contribution < 1.29 is 19.1 Å². The maximum atomic E-state index is 13.8. The lowest BCUT2D eigenvalue weighted by atomic mass is 10.0. The Bertz CT molecular complexity index is 1190. The molecule has 2 amide bonds. The molecule has 1 aromatic heterocycles. The van der Waals surface area contributed by atoms with Crippen molar-refractivity contribution in [1.82, 2.24) is 9.88 Å². The van der Waals surface area contributed by atoms with E-state index in [9.17, 15) is 9.59 Å². The summed E-state index contributed by atoms with van der Waals surface area (Å²) in [6.45, 7) is 7.51. The van der Waals surface area contributed by atoms with E-state index < -0.39 is 6.04 Å². The van der Waals surface area contributed by atoms with Crippen LogP contribution in [0.1, 0.15) is 38.8 Å². The smallest absolute Gasteiger partial charge is 0.247 e. The van der Waals surface area contributed by atoms with Crippen LogP contribution in [0.3, 0.4) is 0 Å². The first kappa shape index (κ1) is 25.1. The molecule has 1 aliphatic rings. The summed E-state index contributed by atoms with van der Waals surface area (Å²) >= 11 is 1.48. The largest absolute Gasteiger partial charge is 0.494 e. The highest BCUT2D eigenvalue weighted by molar-refractivity contribution is 8.00. The first-order valence-electron chi connectivity index (χ1n) is 12.1. The Labute approximate surface area is 210 Å². The lowest BCUT2D eigenvalue weighted by Gasteiger charge is -2.30. The van der Waals surface area contributed by atoms with Gasteiger partial charge >= 0.3 is 0 Å². The molecule has 1 atom stereocenters. The molecule has 0 spiro atoms. The van der Waals surface area contributed by atoms with Gasteiger partial charge in [-0.25, -0.2) is 0 Å². The number of aryl methyl sites for hydroxylation is 1. The summed E-state index contributed by atoms with van der Waals surface area (Å²) in [6, 6.07) is 14.6. The van der Waals surface area contributed by atoms with Crippen molar-refractivity contribution in [2.45, 2.75) is 44.4 Å².